The molecule has 1 aromatic heterocycles. The largest absolute Gasteiger partial charge is 0.361 e. The van der Waals surface area contributed by atoms with Gasteiger partial charge >= 0.3 is 0 Å². The lowest BCUT2D eigenvalue weighted by Crippen LogP contribution is -2.13. The van der Waals surface area contributed by atoms with Crippen LogP contribution in [-0.2, 0) is 21.2 Å². The molecule has 7 nitrogen and oxygen atoms in total. The molecule has 0 radical (unpaired) electrons. The number of Topliss-reactive ketones (excluding diaryl/α,β-unsaturated/α-hetero) is 1. The van der Waals surface area contributed by atoms with Gasteiger partial charge in [-0.2, -0.15) is 0 Å². The lowest BCUT2D eigenvalue weighted by Gasteiger charge is -2.13. The van der Waals surface area contributed by atoms with Crippen molar-refractivity contribution >= 4 is 38.0 Å². The van der Waals surface area contributed by atoms with Crippen molar-refractivity contribution in [2.45, 2.75) is 43.9 Å². The summed E-state index contributed by atoms with van der Waals surface area (Å²) in [7, 11) is -3.71. The fraction of sp³-hybridized carbons (Fsp3) is 0.353. The molecule has 0 aliphatic heterocycles. The molecule has 0 spiro atoms. The van der Waals surface area contributed by atoms with E-state index in [1.807, 2.05) is 6.92 Å². The van der Waals surface area contributed by atoms with Crippen LogP contribution in [0.4, 0.5) is 10.8 Å². The molecule has 0 amide bonds. The molecule has 1 saturated carbocycles. The normalized spacial score (nSPS) is 16.7. The van der Waals surface area contributed by atoms with Gasteiger partial charge in [0.25, 0.3) is 10.0 Å². The maximum Gasteiger partial charge on any atom is 0.263 e. The van der Waals surface area contributed by atoms with Crippen molar-refractivity contribution in [3.8, 4) is 0 Å². The number of allylic oxidation sites excluding steroid dienone is 1. The van der Waals surface area contributed by atoms with Crippen molar-refractivity contribution in [3.05, 3.63) is 41.0 Å². The Hall–Kier alpha value is -2.26. The van der Waals surface area contributed by atoms with E-state index in [9.17, 15) is 13.2 Å². The van der Waals surface area contributed by atoms with Gasteiger partial charge in [-0.1, -0.05) is 18.3 Å². The summed E-state index contributed by atoms with van der Waals surface area (Å²) in [5, 5.41) is 11.8. The summed E-state index contributed by atoms with van der Waals surface area (Å²) < 4.78 is 27.3. The molecule has 1 aliphatic rings. The van der Waals surface area contributed by atoms with E-state index in [1.54, 1.807) is 18.3 Å². The number of carbonyl (C=O) groups excluding carboxylic acids is 1. The van der Waals surface area contributed by atoms with Crippen LogP contribution in [-0.4, -0.2) is 24.4 Å². The number of carbonyl (C=O) groups is 1. The Kier molecular flexibility index (Phi) is 5.67. The summed E-state index contributed by atoms with van der Waals surface area (Å²) >= 11 is 1.22. The highest BCUT2D eigenvalue weighted by atomic mass is 32.2. The van der Waals surface area contributed by atoms with E-state index in [4.69, 9.17) is 0 Å². The average Bonchev–Trinajstić information content (AvgIpc) is 3.08. The van der Waals surface area contributed by atoms with Crippen molar-refractivity contribution in [3.63, 3.8) is 0 Å². The molecule has 2 N–H and O–H groups in total. The SMILES string of the molecule is CCc1nnc(NS(=O)(=O)c2ccc(N/C=C3/CCCCC3=O)cc2)s1. The van der Waals surface area contributed by atoms with Gasteiger partial charge in [-0.15, -0.1) is 10.2 Å². The van der Waals surface area contributed by atoms with Crippen molar-refractivity contribution in [1.82, 2.24) is 10.2 Å². The lowest BCUT2D eigenvalue weighted by atomic mass is 9.94. The second-order valence-electron chi connectivity index (χ2n) is 5.93. The van der Waals surface area contributed by atoms with E-state index in [-0.39, 0.29) is 15.8 Å². The van der Waals surface area contributed by atoms with Crippen LogP contribution < -0.4 is 10.0 Å². The Morgan fingerprint density at radius 1 is 1.15 bits per heavy atom. The Labute approximate surface area is 156 Å². The smallest absolute Gasteiger partial charge is 0.263 e. The van der Waals surface area contributed by atoms with E-state index in [1.165, 1.54) is 23.5 Å². The zero-order valence-corrected chi connectivity index (χ0v) is 16.0. The number of nitrogens with one attached hydrogen (secondary N) is 2. The van der Waals surface area contributed by atoms with Gasteiger partial charge in [0.05, 0.1) is 4.90 Å². The van der Waals surface area contributed by atoms with E-state index >= 15 is 0 Å². The number of ketones is 1. The molecule has 2 aromatic rings. The molecule has 0 unspecified atom stereocenters. The van der Waals surface area contributed by atoms with Crippen LogP contribution in [0.25, 0.3) is 0 Å². The summed E-state index contributed by atoms with van der Waals surface area (Å²) in [6.07, 6.45) is 5.78. The number of sulfonamides is 1. The molecule has 0 atom stereocenters. The van der Waals surface area contributed by atoms with Crippen molar-refractivity contribution in [1.29, 1.82) is 0 Å². The minimum atomic E-state index is -3.71. The van der Waals surface area contributed by atoms with E-state index in [0.29, 0.717) is 12.8 Å². The first-order chi connectivity index (χ1) is 12.5. The van der Waals surface area contributed by atoms with Crippen LogP contribution in [0.3, 0.4) is 0 Å². The number of hydrogen-bond acceptors (Lipinski definition) is 7. The Morgan fingerprint density at radius 2 is 1.88 bits per heavy atom. The topological polar surface area (TPSA) is 101 Å². The van der Waals surface area contributed by atoms with Crippen molar-refractivity contribution in [2.24, 2.45) is 0 Å². The lowest BCUT2D eigenvalue weighted by molar-refractivity contribution is -0.116. The zero-order chi connectivity index (χ0) is 18.6. The van der Waals surface area contributed by atoms with Crippen LogP contribution >= 0.6 is 11.3 Å². The number of aromatic nitrogens is 2. The predicted octanol–water partition coefficient (Wildman–Crippen LogP) is 3.34. The fourth-order valence-corrected chi connectivity index (χ4v) is 4.48. The van der Waals surface area contributed by atoms with Gasteiger partial charge < -0.3 is 5.32 Å². The highest BCUT2D eigenvalue weighted by Gasteiger charge is 2.17. The summed E-state index contributed by atoms with van der Waals surface area (Å²) in [5.41, 5.74) is 1.51. The standard InChI is InChI=1S/C17H20N4O3S2/c1-2-16-19-20-17(25-16)21-26(23,24)14-9-7-13(8-10-14)18-11-12-5-3-4-6-15(12)22/h7-11,18H,2-6H2,1H3,(H,20,21)/b12-11-. The first-order valence-electron chi connectivity index (χ1n) is 8.42. The van der Waals surface area contributed by atoms with E-state index in [0.717, 1.165) is 35.5 Å². The van der Waals surface area contributed by atoms with Crippen LogP contribution in [0, 0.1) is 0 Å². The average molecular weight is 393 g/mol. The summed E-state index contributed by atoms with van der Waals surface area (Å²) in [4.78, 5) is 11.9. The molecular weight excluding hydrogens is 372 g/mol. The summed E-state index contributed by atoms with van der Waals surface area (Å²) in [5.74, 6) is 0.177. The van der Waals surface area contributed by atoms with Crippen LogP contribution in [0.15, 0.2) is 40.9 Å². The molecule has 138 valence electrons. The second-order valence-corrected chi connectivity index (χ2v) is 8.67. The third-order valence-corrected chi connectivity index (χ3v) is 6.49. The minimum Gasteiger partial charge on any atom is -0.361 e. The number of anilines is 2. The molecular formula is C17H20N4O3S2. The monoisotopic (exact) mass is 392 g/mol. The first kappa shape index (κ1) is 18.5. The second kappa shape index (κ2) is 7.96. The number of nitrogens with zero attached hydrogens (tertiary/aromatic N) is 2. The summed E-state index contributed by atoms with van der Waals surface area (Å²) in [6, 6.07) is 6.34. The molecule has 1 fully saturated rings. The first-order valence-corrected chi connectivity index (χ1v) is 10.7. The molecule has 1 heterocycles. The van der Waals surface area contributed by atoms with Gasteiger partial charge in [0.15, 0.2) is 5.78 Å². The highest BCUT2D eigenvalue weighted by molar-refractivity contribution is 7.93. The number of rotatable bonds is 6. The summed E-state index contributed by atoms with van der Waals surface area (Å²) in [6.45, 7) is 1.93. The Balaban J connectivity index is 1.68. The third-order valence-electron chi connectivity index (χ3n) is 4.03. The predicted molar refractivity (Wildman–Crippen MR) is 102 cm³/mol. The maximum absolute atomic E-state index is 12.4. The molecule has 0 saturated heterocycles. The van der Waals surface area contributed by atoms with Gasteiger partial charge in [-0.05, 0) is 49.9 Å². The zero-order valence-electron chi connectivity index (χ0n) is 14.4. The van der Waals surface area contributed by atoms with Crippen molar-refractivity contribution in [2.75, 3.05) is 10.0 Å². The fourth-order valence-electron chi connectivity index (χ4n) is 2.57. The highest BCUT2D eigenvalue weighted by Crippen LogP contribution is 2.22. The van der Waals surface area contributed by atoms with Gasteiger partial charge in [0.1, 0.15) is 5.01 Å². The van der Waals surface area contributed by atoms with E-state index in [2.05, 4.69) is 20.2 Å². The van der Waals surface area contributed by atoms with Gasteiger partial charge in [-0.25, -0.2) is 8.42 Å². The van der Waals surface area contributed by atoms with Gasteiger partial charge in [0, 0.05) is 23.9 Å². The molecule has 1 aliphatic carbocycles. The van der Waals surface area contributed by atoms with Crippen LogP contribution in [0.2, 0.25) is 0 Å². The van der Waals surface area contributed by atoms with Gasteiger partial charge in [0.2, 0.25) is 5.13 Å². The molecule has 9 heteroatoms. The Morgan fingerprint density at radius 3 is 2.54 bits per heavy atom. The Bertz CT molecular complexity index is 918. The van der Waals surface area contributed by atoms with E-state index < -0.39 is 10.0 Å². The number of benzene rings is 1. The quantitative estimate of drug-likeness (QED) is 0.731. The molecule has 1 aromatic carbocycles. The number of aryl methyl sites for hydroxylation is 1. The van der Waals surface area contributed by atoms with Crippen molar-refractivity contribution < 1.29 is 13.2 Å². The molecule has 26 heavy (non-hydrogen) atoms. The molecule has 0 bridgehead atoms. The third kappa shape index (κ3) is 4.47. The number of hydrogen-bond donors (Lipinski definition) is 2. The minimum absolute atomic E-state index is 0.137. The molecule has 3 rings (SSSR count). The van der Waals surface area contributed by atoms with Crippen LogP contribution in [0.5, 0.6) is 0 Å². The maximum atomic E-state index is 12.4. The van der Waals surface area contributed by atoms with Gasteiger partial charge in [-0.3, -0.25) is 9.52 Å². The van der Waals surface area contributed by atoms with Crippen LogP contribution in [0.1, 0.15) is 37.6 Å².